The largest absolute Gasteiger partial charge is 0.398 e. The van der Waals surface area contributed by atoms with E-state index in [0.717, 1.165) is 15.6 Å². The molecule has 0 saturated heterocycles. The summed E-state index contributed by atoms with van der Waals surface area (Å²) < 4.78 is 6.11. The Kier molecular flexibility index (Phi) is 3.47. The van der Waals surface area contributed by atoms with Crippen LogP contribution in [-0.4, -0.2) is 15.1 Å². The summed E-state index contributed by atoms with van der Waals surface area (Å²) in [5.41, 5.74) is 8.32. The summed E-state index contributed by atoms with van der Waals surface area (Å²) in [6.07, 6.45) is 4.10. The lowest BCUT2D eigenvalue weighted by molar-refractivity contribution is 0.424. The van der Waals surface area contributed by atoms with Crippen LogP contribution in [0.1, 0.15) is 11.4 Å². The molecule has 1 aromatic carbocycles. The van der Waals surface area contributed by atoms with Crippen molar-refractivity contribution in [1.29, 1.82) is 0 Å². The Bertz CT molecular complexity index is 727. The average Bonchev–Trinajstić information content (AvgIpc) is 2.91. The van der Waals surface area contributed by atoms with E-state index in [2.05, 4.69) is 31.1 Å². The van der Waals surface area contributed by atoms with E-state index in [1.807, 2.05) is 24.3 Å². The van der Waals surface area contributed by atoms with E-state index in [-0.39, 0.29) is 0 Å². The number of rotatable bonds is 3. The van der Waals surface area contributed by atoms with Gasteiger partial charge in [-0.3, -0.25) is 4.98 Å². The molecule has 0 bridgehead atoms. The maximum Gasteiger partial charge on any atom is 0.258 e. The van der Waals surface area contributed by atoms with Crippen LogP contribution in [0.2, 0.25) is 0 Å². The monoisotopic (exact) mass is 330 g/mol. The zero-order valence-corrected chi connectivity index (χ0v) is 12.0. The standard InChI is InChI=1S/C14H11BrN4O/c15-11-4-3-10(7-12(11)16)14-18-13(19-20-14)6-9-2-1-5-17-8-9/h1-5,7-8H,6,16H2. The first-order chi connectivity index (χ1) is 9.72. The second-order valence-corrected chi connectivity index (χ2v) is 5.14. The van der Waals surface area contributed by atoms with Crippen LogP contribution < -0.4 is 5.73 Å². The molecule has 0 saturated carbocycles. The number of benzene rings is 1. The zero-order chi connectivity index (χ0) is 13.9. The maximum absolute atomic E-state index is 5.84. The van der Waals surface area contributed by atoms with Crippen LogP contribution in [0.5, 0.6) is 0 Å². The van der Waals surface area contributed by atoms with Gasteiger partial charge in [-0.25, -0.2) is 0 Å². The highest BCUT2D eigenvalue weighted by atomic mass is 79.9. The van der Waals surface area contributed by atoms with Gasteiger partial charge in [-0.15, -0.1) is 0 Å². The summed E-state index contributed by atoms with van der Waals surface area (Å²) in [7, 11) is 0. The lowest BCUT2D eigenvalue weighted by Gasteiger charge is -1.99. The summed E-state index contributed by atoms with van der Waals surface area (Å²) in [6, 6.07) is 9.38. The van der Waals surface area contributed by atoms with Crippen LogP contribution in [0.4, 0.5) is 5.69 Å². The van der Waals surface area contributed by atoms with E-state index in [9.17, 15) is 0 Å². The van der Waals surface area contributed by atoms with Gasteiger partial charge in [-0.2, -0.15) is 4.98 Å². The normalized spacial score (nSPS) is 10.7. The topological polar surface area (TPSA) is 77.8 Å². The van der Waals surface area contributed by atoms with Gasteiger partial charge >= 0.3 is 0 Å². The summed E-state index contributed by atoms with van der Waals surface area (Å²) in [5, 5.41) is 3.97. The van der Waals surface area contributed by atoms with E-state index in [1.54, 1.807) is 18.5 Å². The third-order valence-corrected chi connectivity index (χ3v) is 3.52. The Labute approximate surface area is 124 Å². The Morgan fingerprint density at radius 2 is 2.15 bits per heavy atom. The van der Waals surface area contributed by atoms with E-state index < -0.39 is 0 Å². The highest BCUT2D eigenvalue weighted by Crippen LogP contribution is 2.26. The second-order valence-electron chi connectivity index (χ2n) is 4.29. The maximum atomic E-state index is 5.84. The van der Waals surface area contributed by atoms with Crippen molar-refractivity contribution in [2.45, 2.75) is 6.42 Å². The van der Waals surface area contributed by atoms with Crippen molar-refractivity contribution in [2.24, 2.45) is 0 Å². The smallest absolute Gasteiger partial charge is 0.258 e. The van der Waals surface area contributed by atoms with E-state index in [1.165, 1.54) is 0 Å². The summed E-state index contributed by atoms with van der Waals surface area (Å²) >= 11 is 3.35. The molecule has 100 valence electrons. The Balaban J connectivity index is 1.84. The van der Waals surface area contributed by atoms with Gasteiger partial charge in [-0.1, -0.05) is 11.2 Å². The van der Waals surface area contributed by atoms with Crippen LogP contribution in [-0.2, 0) is 6.42 Å². The molecule has 6 heteroatoms. The zero-order valence-electron chi connectivity index (χ0n) is 10.5. The van der Waals surface area contributed by atoms with Crippen molar-refractivity contribution in [3.63, 3.8) is 0 Å². The number of anilines is 1. The molecule has 3 rings (SSSR count). The van der Waals surface area contributed by atoms with Gasteiger partial charge in [0.05, 0.1) is 0 Å². The fourth-order valence-electron chi connectivity index (χ4n) is 1.81. The first-order valence-electron chi connectivity index (χ1n) is 5.99. The number of nitrogen functional groups attached to an aromatic ring is 1. The number of pyridine rings is 1. The number of nitrogens with zero attached hydrogens (tertiary/aromatic N) is 3. The summed E-state index contributed by atoms with van der Waals surface area (Å²) in [4.78, 5) is 8.43. The molecule has 2 N–H and O–H groups in total. The van der Waals surface area contributed by atoms with Gasteiger partial charge in [0, 0.05) is 34.5 Å². The molecular weight excluding hydrogens is 320 g/mol. The third kappa shape index (κ3) is 2.70. The molecule has 5 nitrogen and oxygen atoms in total. The SMILES string of the molecule is Nc1cc(-c2nc(Cc3cccnc3)no2)ccc1Br. The highest BCUT2D eigenvalue weighted by molar-refractivity contribution is 9.10. The van der Waals surface area contributed by atoms with Crippen LogP contribution >= 0.6 is 15.9 Å². The minimum atomic E-state index is 0.461. The van der Waals surface area contributed by atoms with Gasteiger partial charge in [0.2, 0.25) is 0 Å². The molecule has 0 atom stereocenters. The predicted molar refractivity (Wildman–Crippen MR) is 78.9 cm³/mol. The molecule has 0 aliphatic heterocycles. The summed E-state index contributed by atoms with van der Waals surface area (Å²) in [6.45, 7) is 0. The van der Waals surface area contributed by atoms with Gasteiger partial charge in [0.15, 0.2) is 5.82 Å². The van der Waals surface area contributed by atoms with E-state index in [0.29, 0.717) is 23.8 Å². The van der Waals surface area contributed by atoms with Crippen molar-refractivity contribution in [3.05, 3.63) is 58.6 Å². The highest BCUT2D eigenvalue weighted by Gasteiger charge is 2.10. The van der Waals surface area contributed by atoms with Crippen LogP contribution in [0.3, 0.4) is 0 Å². The minimum Gasteiger partial charge on any atom is -0.398 e. The Morgan fingerprint density at radius 1 is 1.25 bits per heavy atom. The quantitative estimate of drug-likeness (QED) is 0.746. The van der Waals surface area contributed by atoms with Gasteiger partial charge < -0.3 is 10.3 Å². The molecule has 3 aromatic rings. The van der Waals surface area contributed by atoms with Gasteiger partial charge in [-0.05, 0) is 45.8 Å². The lowest BCUT2D eigenvalue weighted by atomic mass is 10.2. The van der Waals surface area contributed by atoms with Crippen molar-refractivity contribution < 1.29 is 4.52 Å². The van der Waals surface area contributed by atoms with Crippen LogP contribution in [0, 0.1) is 0 Å². The molecule has 0 aliphatic rings. The van der Waals surface area contributed by atoms with Crippen molar-refractivity contribution in [2.75, 3.05) is 5.73 Å². The second kappa shape index (κ2) is 5.42. The molecule has 0 fully saturated rings. The van der Waals surface area contributed by atoms with Crippen LogP contribution in [0.25, 0.3) is 11.5 Å². The fraction of sp³-hybridized carbons (Fsp3) is 0.0714. The van der Waals surface area contributed by atoms with E-state index >= 15 is 0 Å². The number of hydrogen-bond acceptors (Lipinski definition) is 5. The number of aromatic nitrogens is 3. The fourth-order valence-corrected chi connectivity index (χ4v) is 2.05. The Hall–Kier alpha value is -2.21. The predicted octanol–water partition coefficient (Wildman–Crippen LogP) is 3.07. The van der Waals surface area contributed by atoms with Gasteiger partial charge in [0.25, 0.3) is 5.89 Å². The Morgan fingerprint density at radius 3 is 2.90 bits per heavy atom. The number of hydrogen-bond donors (Lipinski definition) is 1. The molecule has 0 radical (unpaired) electrons. The number of halogens is 1. The molecule has 0 spiro atoms. The molecule has 0 amide bonds. The minimum absolute atomic E-state index is 0.461. The van der Waals surface area contributed by atoms with Gasteiger partial charge in [0.1, 0.15) is 0 Å². The molecular formula is C14H11BrN4O. The van der Waals surface area contributed by atoms with Crippen molar-refractivity contribution in [3.8, 4) is 11.5 Å². The summed E-state index contributed by atoms with van der Waals surface area (Å²) in [5.74, 6) is 1.08. The molecule has 0 aliphatic carbocycles. The molecule has 2 aromatic heterocycles. The lowest BCUT2D eigenvalue weighted by Crippen LogP contribution is -1.91. The van der Waals surface area contributed by atoms with Crippen LogP contribution in [0.15, 0.2) is 51.7 Å². The molecule has 20 heavy (non-hydrogen) atoms. The molecule has 0 unspecified atom stereocenters. The number of nitrogens with two attached hydrogens (primary N) is 1. The first-order valence-corrected chi connectivity index (χ1v) is 6.78. The average molecular weight is 331 g/mol. The third-order valence-electron chi connectivity index (χ3n) is 2.80. The van der Waals surface area contributed by atoms with E-state index in [4.69, 9.17) is 10.3 Å². The first kappa shape index (κ1) is 12.8. The molecule has 2 heterocycles. The van der Waals surface area contributed by atoms with Crippen molar-refractivity contribution in [1.82, 2.24) is 15.1 Å². The van der Waals surface area contributed by atoms with Crippen molar-refractivity contribution >= 4 is 21.6 Å².